The molecule has 3 unspecified atom stereocenters. The summed E-state index contributed by atoms with van der Waals surface area (Å²) in [7, 11) is 0. The monoisotopic (exact) mass is 395 g/mol. The highest BCUT2D eigenvalue weighted by Gasteiger charge is 2.31. The highest BCUT2D eigenvalue weighted by Crippen LogP contribution is 2.20. The maximum atomic E-state index is 12.6. The Bertz CT molecular complexity index is 704. The van der Waals surface area contributed by atoms with E-state index >= 15 is 0 Å². The molecule has 3 aliphatic rings. The summed E-state index contributed by atoms with van der Waals surface area (Å²) in [6.45, 7) is 6.13. The van der Waals surface area contributed by atoms with E-state index in [1.54, 1.807) is 0 Å². The van der Waals surface area contributed by atoms with Gasteiger partial charge in [-0.1, -0.05) is 54.6 Å². The van der Waals surface area contributed by atoms with Crippen molar-refractivity contribution < 1.29 is 9.53 Å². The molecule has 1 aromatic carbocycles. The zero-order valence-corrected chi connectivity index (χ0v) is 17.2. The van der Waals surface area contributed by atoms with Gasteiger partial charge in [0.25, 0.3) is 5.91 Å². The molecule has 1 aromatic rings. The second kappa shape index (κ2) is 10.2. The quantitative estimate of drug-likeness (QED) is 0.771. The molecule has 1 amide bonds. The lowest BCUT2D eigenvalue weighted by atomic mass is 9.91. The SMILES string of the molecule is O=C(C1CCCO1)N1CCN(CC(NCc2ccccc2)C2C=CC=CC2)CC1. The fourth-order valence-electron chi connectivity index (χ4n) is 4.50. The number of nitrogens with one attached hydrogen (secondary N) is 1. The van der Waals surface area contributed by atoms with E-state index in [9.17, 15) is 4.79 Å². The largest absolute Gasteiger partial charge is 0.368 e. The second-order valence-corrected chi connectivity index (χ2v) is 8.31. The van der Waals surface area contributed by atoms with Crippen molar-refractivity contribution in [2.75, 3.05) is 39.3 Å². The van der Waals surface area contributed by atoms with Crippen molar-refractivity contribution in [2.45, 2.75) is 38.0 Å². The summed E-state index contributed by atoms with van der Waals surface area (Å²) in [5.41, 5.74) is 1.32. The zero-order chi connectivity index (χ0) is 19.9. The van der Waals surface area contributed by atoms with E-state index in [0.29, 0.717) is 12.0 Å². The molecule has 1 N–H and O–H groups in total. The summed E-state index contributed by atoms with van der Waals surface area (Å²) in [5.74, 6) is 0.705. The van der Waals surface area contributed by atoms with Crippen molar-refractivity contribution in [1.29, 1.82) is 0 Å². The Labute approximate surface area is 174 Å². The van der Waals surface area contributed by atoms with Crippen molar-refractivity contribution in [3.8, 4) is 0 Å². The van der Waals surface area contributed by atoms with Crippen molar-refractivity contribution in [1.82, 2.24) is 15.1 Å². The molecule has 2 aliphatic heterocycles. The topological polar surface area (TPSA) is 44.8 Å². The number of ether oxygens (including phenoxy) is 1. The Balaban J connectivity index is 1.30. The predicted octanol–water partition coefficient (Wildman–Crippen LogP) is 2.60. The molecule has 3 atom stereocenters. The number of carbonyl (C=O) groups is 1. The Hall–Kier alpha value is -1.95. The number of hydrogen-bond acceptors (Lipinski definition) is 4. The van der Waals surface area contributed by atoms with Crippen LogP contribution in [0.1, 0.15) is 24.8 Å². The lowest BCUT2D eigenvalue weighted by Crippen LogP contribution is -2.54. The standard InChI is InChI=1S/C24H33N3O2/c28-24(23-12-7-17-29-23)27-15-13-26(14-16-27)19-22(21-10-5-2-6-11-21)25-18-20-8-3-1-4-9-20/h1-6,8-10,21-23,25H,7,11-19H2. The Kier molecular flexibility index (Phi) is 7.14. The van der Waals surface area contributed by atoms with Gasteiger partial charge in [0.2, 0.25) is 0 Å². The molecule has 5 nitrogen and oxygen atoms in total. The first-order valence-electron chi connectivity index (χ1n) is 11.0. The summed E-state index contributed by atoms with van der Waals surface area (Å²) >= 11 is 0. The van der Waals surface area contributed by atoms with Crippen LogP contribution in [0.15, 0.2) is 54.6 Å². The van der Waals surface area contributed by atoms with Crippen LogP contribution in [0.5, 0.6) is 0 Å². The summed E-state index contributed by atoms with van der Waals surface area (Å²) in [4.78, 5) is 17.1. The average Bonchev–Trinajstić information content (AvgIpc) is 3.33. The molecule has 2 heterocycles. The van der Waals surface area contributed by atoms with Crippen LogP contribution in [-0.2, 0) is 16.1 Å². The number of allylic oxidation sites excluding steroid dienone is 3. The van der Waals surface area contributed by atoms with Gasteiger partial charge in [-0.25, -0.2) is 0 Å². The third-order valence-electron chi connectivity index (χ3n) is 6.29. The minimum atomic E-state index is -0.194. The Morgan fingerprint density at radius 2 is 1.97 bits per heavy atom. The molecule has 156 valence electrons. The normalized spacial score (nSPS) is 26.0. The van der Waals surface area contributed by atoms with Gasteiger partial charge in [-0.2, -0.15) is 0 Å². The summed E-state index contributed by atoms with van der Waals surface area (Å²) in [6.07, 6.45) is 11.7. The van der Waals surface area contributed by atoms with Crippen LogP contribution >= 0.6 is 0 Å². The molecule has 2 saturated heterocycles. The number of nitrogens with zero attached hydrogens (tertiary/aromatic N) is 2. The van der Waals surface area contributed by atoms with Crippen molar-refractivity contribution in [3.63, 3.8) is 0 Å². The third kappa shape index (κ3) is 5.56. The maximum absolute atomic E-state index is 12.6. The lowest BCUT2D eigenvalue weighted by Gasteiger charge is -2.38. The van der Waals surface area contributed by atoms with Crippen LogP contribution in [0.3, 0.4) is 0 Å². The van der Waals surface area contributed by atoms with Gasteiger partial charge in [0, 0.05) is 51.9 Å². The number of rotatable bonds is 7. The van der Waals surface area contributed by atoms with Crippen LogP contribution < -0.4 is 5.32 Å². The fourth-order valence-corrected chi connectivity index (χ4v) is 4.50. The molecular weight excluding hydrogens is 362 g/mol. The van der Waals surface area contributed by atoms with Gasteiger partial charge in [-0.3, -0.25) is 9.69 Å². The summed E-state index contributed by atoms with van der Waals surface area (Å²) in [6, 6.07) is 11.0. The first kappa shape index (κ1) is 20.3. The highest BCUT2D eigenvalue weighted by atomic mass is 16.5. The molecule has 0 radical (unpaired) electrons. The highest BCUT2D eigenvalue weighted by molar-refractivity contribution is 5.81. The van der Waals surface area contributed by atoms with Gasteiger partial charge in [0.05, 0.1) is 0 Å². The minimum absolute atomic E-state index is 0.194. The van der Waals surface area contributed by atoms with E-state index in [-0.39, 0.29) is 12.0 Å². The minimum Gasteiger partial charge on any atom is -0.368 e. The second-order valence-electron chi connectivity index (χ2n) is 8.31. The average molecular weight is 396 g/mol. The Morgan fingerprint density at radius 1 is 1.14 bits per heavy atom. The molecule has 2 fully saturated rings. The van der Waals surface area contributed by atoms with Crippen LogP contribution in [-0.4, -0.2) is 67.2 Å². The van der Waals surface area contributed by atoms with Crippen LogP contribution in [0.4, 0.5) is 0 Å². The summed E-state index contributed by atoms with van der Waals surface area (Å²) < 4.78 is 5.58. The van der Waals surface area contributed by atoms with E-state index in [1.165, 1.54) is 5.56 Å². The molecular formula is C24H33N3O2. The lowest BCUT2D eigenvalue weighted by molar-refractivity contribution is -0.142. The molecule has 0 spiro atoms. The molecule has 1 aliphatic carbocycles. The van der Waals surface area contributed by atoms with Crippen LogP contribution in [0.25, 0.3) is 0 Å². The van der Waals surface area contributed by atoms with Gasteiger partial charge in [0.15, 0.2) is 0 Å². The van der Waals surface area contributed by atoms with Gasteiger partial charge in [0.1, 0.15) is 6.10 Å². The number of benzene rings is 1. The first-order chi connectivity index (χ1) is 14.3. The first-order valence-corrected chi connectivity index (χ1v) is 11.0. The molecule has 0 aromatic heterocycles. The molecule has 0 bridgehead atoms. The fraction of sp³-hybridized carbons (Fsp3) is 0.542. The zero-order valence-electron chi connectivity index (χ0n) is 17.2. The van der Waals surface area contributed by atoms with E-state index in [4.69, 9.17) is 4.74 Å². The van der Waals surface area contributed by atoms with Crippen LogP contribution in [0, 0.1) is 5.92 Å². The summed E-state index contributed by atoms with van der Waals surface area (Å²) in [5, 5.41) is 3.80. The van der Waals surface area contributed by atoms with E-state index in [0.717, 1.165) is 65.1 Å². The van der Waals surface area contributed by atoms with Crippen molar-refractivity contribution >= 4 is 5.91 Å². The smallest absolute Gasteiger partial charge is 0.251 e. The van der Waals surface area contributed by atoms with Gasteiger partial charge >= 0.3 is 0 Å². The number of hydrogen-bond donors (Lipinski definition) is 1. The third-order valence-corrected chi connectivity index (χ3v) is 6.29. The van der Waals surface area contributed by atoms with E-state index in [1.807, 2.05) is 4.90 Å². The number of carbonyl (C=O) groups excluding carboxylic acids is 1. The number of piperazine rings is 1. The van der Waals surface area contributed by atoms with Gasteiger partial charge < -0.3 is 15.0 Å². The molecule has 4 rings (SSSR count). The molecule has 5 heteroatoms. The van der Waals surface area contributed by atoms with Crippen molar-refractivity contribution in [3.05, 3.63) is 60.2 Å². The van der Waals surface area contributed by atoms with Gasteiger partial charge in [-0.15, -0.1) is 0 Å². The molecule has 0 saturated carbocycles. The van der Waals surface area contributed by atoms with Crippen LogP contribution in [0.2, 0.25) is 0 Å². The Morgan fingerprint density at radius 3 is 2.66 bits per heavy atom. The van der Waals surface area contributed by atoms with Gasteiger partial charge in [-0.05, 0) is 30.7 Å². The van der Waals surface area contributed by atoms with E-state index < -0.39 is 0 Å². The maximum Gasteiger partial charge on any atom is 0.251 e. The van der Waals surface area contributed by atoms with E-state index in [2.05, 4.69) is 64.9 Å². The number of amides is 1. The molecule has 29 heavy (non-hydrogen) atoms. The van der Waals surface area contributed by atoms with Crippen molar-refractivity contribution in [2.24, 2.45) is 5.92 Å². The predicted molar refractivity (Wildman–Crippen MR) is 115 cm³/mol.